The Bertz CT molecular complexity index is 897. The van der Waals surface area contributed by atoms with Crippen molar-refractivity contribution in [3.05, 3.63) is 59.2 Å². The molecule has 1 aliphatic heterocycles. The molecule has 1 amide bonds. The molecule has 0 radical (unpaired) electrons. The number of alkyl halides is 3. The third-order valence-electron chi connectivity index (χ3n) is 5.42. The Morgan fingerprint density at radius 1 is 1.03 bits per heavy atom. The van der Waals surface area contributed by atoms with Crippen LogP contribution in [0.3, 0.4) is 0 Å². The maximum absolute atomic E-state index is 13.6. The number of rotatable bonds is 5. The molecule has 1 heterocycles. The number of hydrogen-bond donors (Lipinski definition) is 1. The molecule has 0 bridgehead atoms. The van der Waals surface area contributed by atoms with Crippen molar-refractivity contribution >= 4 is 17.3 Å². The second-order valence-corrected chi connectivity index (χ2v) is 8.82. The SMILES string of the molecule is CC(C)(C)c1ccc(CCC(=O)Nc2ccc(N3CCOCC3)cc2C(F)(F)F)cc1. The zero-order chi connectivity index (χ0) is 22.6. The van der Waals surface area contributed by atoms with Crippen molar-refractivity contribution in [1.29, 1.82) is 0 Å². The fourth-order valence-electron chi connectivity index (χ4n) is 3.54. The van der Waals surface area contributed by atoms with Crippen LogP contribution in [0.2, 0.25) is 0 Å². The average Bonchev–Trinajstić information content (AvgIpc) is 2.72. The van der Waals surface area contributed by atoms with Crippen molar-refractivity contribution < 1.29 is 22.7 Å². The predicted octanol–water partition coefficient (Wildman–Crippen LogP) is 5.41. The van der Waals surface area contributed by atoms with Gasteiger partial charge >= 0.3 is 6.18 Å². The Kier molecular flexibility index (Phi) is 6.94. The van der Waals surface area contributed by atoms with Crippen LogP contribution < -0.4 is 10.2 Å². The first-order valence-corrected chi connectivity index (χ1v) is 10.5. The summed E-state index contributed by atoms with van der Waals surface area (Å²) < 4.78 is 46.2. The normalized spacial score (nSPS) is 15.1. The van der Waals surface area contributed by atoms with Crippen molar-refractivity contribution in [3.8, 4) is 0 Å². The van der Waals surface area contributed by atoms with Gasteiger partial charge in [-0.15, -0.1) is 0 Å². The topological polar surface area (TPSA) is 41.6 Å². The van der Waals surface area contributed by atoms with Gasteiger partial charge in [0.25, 0.3) is 0 Å². The van der Waals surface area contributed by atoms with Crippen molar-refractivity contribution in [2.45, 2.75) is 45.2 Å². The quantitative estimate of drug-likeness (QED) is 0.684. The second-order valence-electron chi connectivity index (χ2n) is 8.82. The van der Waals surface area contributed by atoms with E-state index in [0.29, 0.717) is 38.4 Å². The van der Waals surface area contributed by atoms with Crippen LogP contribution in [0.1, 0.15) is 43.9 Å². The van der Waals surface area contributed by atoms with Crippen molar-refractivity contribution in [3.63, 3.8) is 0 Å². The van der Waals surface area contributed by atoms with Gasteiger partial charge in [-0.1, -0.05) is 45.0 Å². The molecule has 0 unspecified atom stereocenters. The largest absolute Gasteiger partial charge is 0.418 e. The zero-order valence-electron chi connectivity index (χ0n) is 18.2. The van der Waals surface area contributed by atoms with Gasteiger partial charge in [0.1, 0.15) is 0 Å². The van der Waals surface area contributed by atoms with Crippen molar-refractivity contribution in [2.75, 3.05) is 36.5 Å². The molecule has 7 heteroatoms. The lowest BCUT2D eigenvalue weighted by Gasteiger charge is -2.29. The summed E-state index contributed by atoms with van der Waals surface area (Å²) >= 11 is 0. The second kappa shape index (κ2) is 9.30. The minimum Gasteiger partial charge on any atom is -0.378 e. The smallest absolute Gasteiger partial charge is 0.378 e. The fourth-order valence-corrected chi connectivity index (χ4v) is 3.54. The number of carbonyl (C=O) groups excluding carboxylic acids is 1. The predicted molar refractivity (Wildman–Crippen MR) is 117 cm³/mol. The van der Waals surface area contributed by atoms with E-state index >= 15 is 0 Å². The van der Waals surface area contributed by atoms with Crippen LogP contribution in [0, 0.1) is 0 Å². The van der Waals surface area contributed by atoms with E-state index < -0.39 is 17.6 Å². The third kappa shape index (κ3) is 6.23. The van der Waals surface area contributed by atoms with Gasteiger partial charge in [-0.3, -0.25) is 4.79 Å². The Labute approximate surface area is 181 Å². The van der Waals surface area contributed by atoms with E-state index in [2.05, 4.69) is 26.1 Å². The summed E-state index contributed by atoms with van der Waals surface area (Å²) in [5, 5.41) is 2.45. The number of morpholine rings is 1. The van der Waals surface area contributed by atoms with Crippen LogP contribution in [0.15, 0.2) is 42.5 Å². The Balaban J connectivity index is 1.67. The minimum absolute atomic E-state index is 0.0390. The summed E-state index contributed by atoms with van der Waals surface area (Å²) in [5.41, 5.74) is 1.64. The maximum Gasteiger partial charge on any atom is 0.418 e. The summed E-state index contributed by atoms with van der Waals surface area (Å²) in [6.07, 6.45) is -3.99. The van der Waals surface area contributed by atoms with E-state index in [0.717, 1.165) is 11.6 Å². The summed E-state index contributed by atoms with van der Waals surface area (Å²) in [6, 6.07) is 12.0. The number of nitrogens with zero attached hydrogens (tertiary/aromatic N) is 1. The standard InChI is InChI=1S/C24H29F3N2O2/c1-23(2,3)18-7-4-17(5-8-18)6-11-22(30)28-21-10-9-19(16-20(21)24(25,26)27)29-12-14-31-15-13-29/h4-5,7-10,16H,6,11-15H2,1-3H3,(H,28,30). The number of ether oxygens (including phenoxy) is 1. The molecular formula is C24H29F3N2O2. The van der Waals surface area contributed by atoms with Crippen LogP contribution in [0.5, 0.6) is 0 Å². The van der Waals surface area contributed by atoms with Gasteiger partial charge in [-0.2, -0.15) is 13.2 Å². The summed E-state index contributed by atoms with van der Waals surface area (Å²) in [4.78, 5) is 14.2. The van der Waals surface area contributed by atoms with Gasteiger partial charge in [0.15, 0.2) is 0 Å². The van der Waals surface area contributed by atoms with Crippen LogP contribution >= 0.6 is 0 Å². The molecule has 0 spiro atoms. The van der Waals surface area contributed by atoms with Crippen molar-refractivity contribution in [1.82, 2.24) is 0 Å². The lowest BCUT2D eigenvalue weighted by molar-refractivity contribution is -0.136. The van der Waals surface area contributed by atoms with Crippen LogP contribution in [0.25, 0.3) is 0 Å². The number of halogens is 3. The molecule has 168 valence electrons. The van der Waals surface area contributed by atoms with E-state index in [1.54, 1.807) is 6.07 Å². The number of hydrogen-bond acceptors (Lipinski definition) is 3. The molecule has 4 nitrogen and oxygen atoms in total. The van der Waals surface area contributed by atoms with E-state index in [9.17, 15) is 18.0 Å². The molecule has 1 aliphatic rings. The molecule has 31 heavy (non-hydrogen) atoms. The van der Waals surface area contributed by atoms with Gasteiger partial charge in [-0.25, -0.2) is 0 Å². The summed E-state index contributed by atoms with van der Waals surface area (Å²) in [7, 11) is 0. The molecule has 1 saturated heterocycles. The number of aryl methyl sites for hydroxylation is 1. The number of benzene rings is 2. The molecule has 2 aromatic rings. The molecule has 0 saturated carbocycles. The Morgan fingerprint density at radius 3 is 2.26 bits per heavy atom. The van der Waals surface area contributed by atoms with E-state index in [1.807, 2.05) is 29.2 Å². The average molecular weight is 435 g/mol. The van der Waals surface area contributed by atoms with Crippen LogP contribution in [0.4, 0.5) is 24.5 Å². The Morgan fingerprint density at radius 2 is 1.68 bits per heavy atom. The van der Waals surface area contributed by atoms with Crippen LogP contribution in [-0.4, -0.2) is 32.2 Å². The Hall–Kier alpha value is -2.54. The highest BCUT2D eigenvalue weighted by atomic mass is 19.4. The first-order chi connectivity index (χ1) is 14.5. The molecular weight excluding hydrogens is 405 g/mol. The molecule has 0 aromatic heterocycles. The first kappa shape index (κ1) is 23.1. The fraction of sp³-hybridized carbons (Fsp3) is 0.458. The molecule has 0 aliphatic carbocycles. The molecule has 3 rings (SSSR count). The highest BCUT2D eigenvalue weighted by Crippen LogP contribution is 2.37. The highest BCUT2D eigenvalue weighted by Gasteiger charge is 2.34. The number of amides is 1. The highest BCUT2D eigenvalue weighted by molar-refractivity contribution is 5.92. The minimum atomic E-state index is -4.56. The third-order valence-corrected chi connectivity index (χ3v) is 5.42. The van der Waals surface area contributed by atoms with Gasteiger partial charge in [0.2, 0.25) is 5.91 Å². The first-order valence-electron chi connectivity index (χ1n) is 10.5. The van der Waals surface area contributed by atoms with Gasteiger partial charge in [-0.05, 0) is 41.2 Å². The van der Waals surface area contributed by atoms with Crippen molar-refractivity contribution in [2.24, 2.45) is 0 Å². The van der Waals surface area contributed by atoms with Gasteiger partial charge in [0, 0.05) is 25.2 Å². The van der Waals surface area contributed by atoms with E-state index in [4.69, 9.17) is 4.74 Å². The summed E-state index contributed by atoms with van der Waals surface area (Å²) in [6.45, 7) is 8.41. The number of carbonyl (C=O) groups is 1. The molecule has 0 atom stereocenters. The van der Waals surface area contributed by atoms with Crippen LogP contribution in [-0.2, 0) is 27.5 Å². The lowest BCUT2D eigenvalue weighted by Crippen LogP contribution is -2.36. The maximum atomic E-state index is 13.6. The molecule has 1 fully saturated rings. The van der Waals surface area contributed by atoms with Gasteiger partial charge < -0.3 is 15.0 Å². The monoisotopic (exact) mass is 434 g/mol. The van der Waals surface area contributed by atoms with E-state index in [-0.39, 0.29) is 17.5 Å². The zero-order valence-corrected chi connectivity index (χ0v) is 18.2. The van der Waals surface area contributed by atoms with E-state index in [1.165, 1.54) is 11.6 Å². The molecule has 1 N–H and O–H groups in total. The van der Waals surface area contributed by atoms with Gasteiger partial charge in [0.05, 0.1) is 24.5 Å². The lowest BCUT2D eigenvalue weighted by atomic mass is 9.86. The molecule has 2 aromatic carbocycles. The number of anilines is 2. The summed E-state index contributed by atoms with van der Waals surface area (Å²) in [5.74, 6) is -0.440. The number of nitrogens with one attached hydrogen (secondary N) is 1.